The van der Waals surface area contributed by atoms with E-state index >= 15 is 0 Å². The molecule has 2 rings (SSSR count). The number of nitrogens with zero attached hydrogens (tertiary/aromatic N) is 1. The molecule has 0 spiro atoms. The number of rotatable bonds is 7. The van der Waals surface area contributed by atoms with Gasteiger partial charge in [0.25, 0.3) is 0 Å². The molecule has 0 aliphatic heterocycles. The van der Waals surface area contributed by atoms with Gasteiger partial charge in [0.15, 0.2) is 0 Å². The predicted octanol–water partition coefficient (Wildman–Crippen LogP) is 2.59. The lowest BCUT2D eigenvalue weighted by Crippen LogP contribution is -2.32. The molecule has 0 bridgehead atoms. The highest BCUT2D eigenvalue weighted by atomic mass is 16.4. The monoisotopic (exact) mass is 247 g/mol. The van der Waals surface area contributed by atoms with Crippen LogP contribution in [0.5, 0.6) is 0 Å². The fourth-order valence-electron chi connectivity index (χ4n) is 2.63. The van der Waals surface area contributed by atoms with E-state index in [1.165, 1.54) is 12.0 Å². The molecule has 18 heavy (non-hydrogen) atoms. The van der Waals surface area contributed by atoms with Gasteiger partial charge in [0.05, 0.1) is 6.54 Å². The van der Waals surface area contributed by atoms with Crippen LogP contribution in [0.3, 0.4) is 0 Å². The normalized spacial score (nSPS) is 22.1. The minimum atomic E-state index is -0.722. The largest absolute Gasteiger partial charge is 0.480 e. The topological polar surface area (TPSA) is 40.5 Å². The first kappa shape index (κ1) is 13.1. The van der Waals surface area contributed by atoms with Crippen molar-refractivity contribution in [3.63, 3.8) is 0 Å². The molecule has 0 saturated heterocycles. The van der Waals surface area contributed by atoms with Gasteiger partial charge < -0.3 is 5.11 Å². The fraction of sp³-hybridized carbons (Fsp3) is 0.533. The summed E-state index contributed by atoms with van der Waals surface area (Å²) >= 11 is 0. The van der Waals surface area contributed by atoms with Crippen LogP contribution < -0.4 is 0 Å². The molecule has 1 saturated carbocycles. The van der Waals surface area contributed by atoms with E-state index in [0.717, 1.165) is 19.5 Å². The summed E-state index contributed by atoms with van der Waals surface area (Å²) in [5.41, 5.74) is 1.40. The summed E-state index contributed by atoms with van der Waals surface area (Å²) in [5, 5.41) is 8.89. The second-order valence-electron chi connectivity index (χ2n) is 5.14. The molecule has 3 nitrogen and oxygen atoms in total. The van der Waals surface area contributed by atoms with Crippen molar-refractivity contribution < 1.29 is 9.90 Å². The van der Waals surface area contributed by atoms with E-state index in [-0.39, 0.29) is 6.54 Å². The molecular weight excluding hydrogens is 226 g/mol. The molecule has 0 radical (unpaired) electrons. The SMILES string of the molecule is CCCN(CC(=O)O)C[C@@H]1C[C@H]1c1ccccc1. The number of carboxylic acids is 1. The standard InChI is InChI=1S/C15H21NO2/c1-2-8-16(11-15(17)18)10-13-9-14(13)12-6-4-3-5-7-12/h3-7,13-14H,2,8-11H2,1H3,(H,17,18)/t13-,14-/m0/s1. The molecule has 3 heteroatoms. The number of carbonyl (C=O) groups is 1. The highest BCUT2D eigenvalue weighted by Crippen LogP contribution is 2.47. The maximum Gasteiger partial charge on any atom is 0.317 e. The van der Waals surface area contributed by atoms with Crippen LogP contribution in [0.2, 0.25) is 0 Å². The number of benzene rings is 1. The van der Waals surface area contributed by atoms with Crippen molar-refractivity contribution in [2.75, 3.05) is 19.6 Å². The van der Waals surface area contributed by atoms with Crippen molar-refractivity contribution in [2.24, 2.45) is 5.92 Å². The first-order valence-electron chi connectivity index (χ1n) is 6.69. The second-order valence-corrected chi connectivity index (χ2v) is 5.14. The Morgan fingerprint density at radius 2 is 2.11 bits per heavy atom. The molecule has 1 aromatic carbocycles. The van der Waals surface area contributed by atoms with Gasteiger partial charge in [-0.05, 0) is 36.8 Å². The minimum absolute atomic E-state index is 0.172. The second kappa shape index (κ2) is 6.01. The Balaban J connectivity index is 1.85. The number of aliphatic carboxylic acids is 1. The molecule has 1 aromatic rings. The zero-order valence-corrected chi connectivity index (χ0v) is 10.9. The summed E-state index contributed by atoms with van der Waals surface area (Å²) in [5.74, 6) is 0.554. The summed E-state index contributed by atoms with van der Waals surface area (Å²) in [4.78, 5) is 12.9. The number of carboxylic acid groups (broad SMARTS) is 1. The van der Waals surface area contributed by atoms with Crippen molar-refractivity contribution in [2.45, 2.75) is 25.7 Å². The third-order valence-corrected chi connectivity index (χ3v) is 3.54. The van der Waals surface area contributed by atoms with Gasteiger partial charge in [-0.2, -0.15) is 0 Å². The maximum absolute atomic E-state index is 10.8. The molecule has 1 fully saturated rings. The van der Waals surface area contributed by atoms with Crippen LogP contribution in [0, 0.1) is 5.92 Å². The molecule has 1 aliphatic carbocycles. The Kier molecular flexibility index (Phi) is 4.37. The van der Waals surface area contributed by atoms with Crippen LogP contribution in [0.4, 0.5) is 0 Å². The van der Waals surface area contributed by atoms with E-state index in [9.17, 15) is 4.79 Å². The highest BCUT2D eigenvalue weighted by molar-refractivity contribution is 5.69. The van der Waals surface area contributed by atoms with Crippen molar-refractivity contribution in [1.82, 2.24) is 4.90 Å². The summed E-state index contributed by atoms with van der Waals surface area (Å²) in [6.45, 7) is 4.06. The van der Waals surface area contributed by atoms with Crippen LogP contribution in [0.25, 0.3) is 0 Å². The predicted molar refractivity (Wildman–Crippen MR) is 71.7 cm³/mol. The van der Waals surface area contributed by atoms with Crippen molar-refractivity contribution in [1.29, 1.82) is 0 Å². The van der Waals surface area contributed by atoms with E-state index in [1.807, 2.05) is 6.07 Å². The van der Waals surface area contributed by atoms with E-state index in [4.69, 9.17) is 5.11 Å². The molecule has 0 unspecified atom stereocenters. The van der Waals surface area contributed by atoms with Crippen molar-refractivity contribution in [3.8, 4) is 0 Å². The number of hydrogen-bond acceptors (Lipinski definition) is 2. The van der Waals surface area contributed by atoms with E-state index < -0.39 is 5.97 Å². The van der Waals surface area contributed by atoms with Gasteiger partial charge in [0.2, 0.25) is 0 Å². The Morgan fingerprint density at radius 1 is 1.39 bits per heavy atom. The Labute approximate surface area is 108 Å². The van der Waals surface area contributed by atoms with Crippen LogP contribution in [-0.2, 0) is 4.79 Å². The molecule has 0 aromatic heterocycles. The molecule has 2 atom stereocenters. The Morgan fingerprint density at radius 3 is 2.72 bits per heavy atom. The average molecular weight is 247 g/mol. The van der Waals surface area contributed by atoms with Crippen LogP contribution in [0.1, 0.15) is 31.2 Å². The summed E-state index contributed by atoms with van der Waals surface area (Å²) in [7, 11) is 0. The van der Waals surface area contributed by atoms with Crippen LogP contribution in [0.15, 0.2) is 30.3 Å². The molecule has 0 heterocycles. The van der Waals surface area contributed by atoms with Crippen LogP contribution >= 0.6 is 0 Å². The molecule has 1 aliphatic rings. The molecule has 98 valence electrons. The Hall–Kier alpha value is -1.35. The van der Waals surface area contributed by atoms with Gasteiger partial charge >= 0.3 is 5.97 Å². The molecular formula is C15H21NO2. The third kappa shape index (κ3) is 3.57. The zero-order chi connectivity index (χ0) is 13.0. The lowest BCUT2D eigenvalue weighted by atomic mass is 10.1. The first-order valence-corrected chi connectivity index (χ1v) is 6.69. The smallest absolute Gasteiger partial charge is 0.317 e. The fourth-order valence-corrected chi connectivity index (χ4v) is 2.63. The van der Waals surface area contributed by atoms with Gasteiger partial charge in [-0.15, -0.1) is 0 Å². The highest BCUT2D eigenvalue weighted by Gasteiger charge is 2.39. The van der Waals surface area contributed by atoms with Crippen LogP contribution in [-0.4, -0.2) is 35.6 Å². The Bertz CT molecular complexity index is 391. The first-order chi connectivity index (χ1) is 8.70. The number of hydrogen-bond donors (Lipinski definition) is 1. The summed E-state index contributed by atoms with van der Waals surface area (Å²) in [6, 6.07) is 10.5. The average Bonchev–Trinajstić information content (AvgIpc) is 3.09. The zero-order valence-electron chi connectivity index (χ0n) is 10.9. The van der Waals surface area contributed by atoms with E-state index in [0.29, 0.717) is 11.8 Å². The van der Waals surface area contributed by atoms with Gasteiger partial charge in [-0.1, -0.05) is 37.3 Å². The lowest BCUT2D eigenvalue weighted by molar-refractivity contribution is -0.138. The van der Waals surface area contributed by atoms with E-state index in [2.05, 4.69) is 36.1 Å². The lowest BCUT2D eigenvalue weighted by Gasteiger charge is -2.19. The van der Waals surface area contributed by atoms with E-state index in [1.54, 1.807) is 0 Å². The maximum atomic E-state index is 10.8. The third-order valence-electron chi connectivity index (χ3n) is 3.54. The van der Waals surface area contributed by atoms with Gasteiger partial charge in [0.1, 0.15) is 0 Å². The molecule has 1 N–H and O–H groups in total. The summed E-state index contributed by atoms with van der Waals surface area (Å²) in [6.07, 6.45) is 2.21. The van der Waals surface area contributed by atoms with Gasteiger partial charge in [0, 0.05) is 6.54 Å². The van der Waals surface area contributed by atoms with Gasteiger partial charge in [-0.3, -0.25) is 9.69 Å². The minimum Gasteiger partial charge on any atom is -0.480 e. The van der Waals surface area contributed by atoms with Crippen molar-refractivity contribution in [3.05, 3.63) is 35.9 Å². The quantitative estimate of drug-likeness (QED) is 0.805. The molecule has 0 amide bonds. The van der Waals surface area contributed by atoms with Crippen molar-refractivity contribution >= 4 is 5.97 Å². The van der Waals surface area contributed by atoms with Gasteiger partial charge in [-0.25, -0.2) is 0 Å². The summed E-state index contributed by atoms with van der Waals surface area (Å²) < 4.78 is 0.